The van der Waals surface area contributed by atoms with Crippen LogP contribution in [-0.2, 0) is 17.6 Å². The number of aromatic nitrogens is 2. The summed E-state index contributed by atoms with van der Waals surface area (Å²) in [5, 5.41) is 7.60. The monoisotopic (exact) mass is 387 g/mol. The number of anilines is 1. The Bertz CT molecular complexity index is 1060. The highest BCUT2D eigenvalue weighted by atomic mass is 16.2. The zero-order chi connectivity index (χ0) is 20.5. The van der Waals surface area contributed by atoms with Crippen LogP contribution in [0.15, 0.2) is 48.5 Å². The Kier molecular flexibility index (Phi) is 5.05. The van der Waals surface area contributed by atoms with E-state index >= 15 is 0 Å². The van der Waals surface area contributed by atoms with Crippen molar-refractivity contribution in [2.75, 3.05) is 5.32 Å². The number of nitrogens with one attached hydrogen (secondary N) is 1. The maximum absolute atomic E-state index is 13.3. The van der Waals surface area contributed by atoms with Gasteiger partial charge in [-0.25, -0.2) is 4.68 Å². The van der Waals surface area contributed by atoms with Crippen LogP contribution in [0.1, 0.15) is 58.9 Å². The molecular weight excluding hydrogens is 362 g/mol. The van der Waals surface area contributed by atoms with Gasteiger partial charge in [-0.1, -0.05) is 50.2 Å². The normalized spacial score (nSPS) is 15.7. The third-order valence-corrected chi connectivity index (χ3v) is 5.65. The fraction of sp³-hybridized carbons (Fsp3) is 0.292. The lowest BCUT2D eigenvalue weighted by molar-refractivity contribution is -0.116. The van der Waals surface area contributed by atoms with Crippen molar-refractivity contribution >= 4 is 17.5 Å². The number of carbonyl (C=O) groups excluding carboxylic acids is 2. The maximum atomic E-state index is 13.3. The van der Waals surface area contributed by atoms with Crippen LogP contribution in [0.4, 0.5) is 5.82 Å². The van der Waals surface area contributed by atoms with Crippen molar-refractivity contribution in [3.05, 3.63) is 76.5 Å². The van der Waals surface area contributed by atoms with Crippen LogP contribution in [0.2, 0.25) is 0 Å². The predicted octanol–water partition coefficient (Wildman–Crippen LogP) is 4.61. The Morgan fingerprint density at radius 3 is 2.21 bits per heavy atom. The molecule has 0 radical (unpaired) electrons. The van der Waals surface area contributed by atoms with E-state index in [-0.39, 0.29) is 18.1 Å². The van der Waals surface area contributed by atoms with Gasteiger partial charge in [-0.05, 0) is 43.0 Å². The summed E-state index contributed by atoms with van der Waals surface area (Å²) in [5.41, 5.74) is 5.50. The quantitative estimate of drug-likeness (QED) is 0.650. The third-order valence-electron chi connectivity index (χ3n) is 5.65. The molecule has 1 amide bonds. The van der Waals surface area contributed by atoms with Crippen molar-refractivity contribution in [1.29, 1.82) is 0 Å². The first-order valence-electron chi connectivity index (χ1n) is 10.1. The molecule has 5 nitrogen and oxygen atoms in total. The molecule has 0 unspecified atom stereocenters. The molecule has 1 aromatic heterocycles. The molecule has 0 saturated heterocycles. The van der Waals surface area contributed by atoms with Gasteiger partial charge >= 0.3 is 0 Å². The predicted molar refractivity (Wildman–Crippen MR) is 114 cm³/mol. The third kappa shape index (κ3) is 3.48. The van der Waals surface area contributed by atoms with Crippen molar-refractivity contribution in [1.82, 2.24) is 9.78 Å². The number of hydrogen-bond donors (Lipinski definition) is 1. The van der Waals surface area contributed by atoms with E-state index in [4.69, 9.17) is 0 Å². The Labute approximate surface area is 170 Å². The molecule has 1 atom stereocenters. The molecule has 0 saturated carbocycles. The lowest BCUT2D eigenvalue weighted by atomic mass is 9.85. The number of benzene rings is 2. The Hall–Kier alpha value is -3.21. The van der Waals surface area contributed by atoms with E-state index in [0.29, 0.717) is 11.4 Å². The molecule has 148 valence electrons. The summed E-state index contributed by atoms with van der Waals surface area (Å²) in [6, 6.07) is 15.8. The SMILES string of the molecule is CCc1ccc(C(=O)[C@H]2CC(=O)Nc3c2c(C)nn3-c2ccc(CC)cc2)cc1. The van der Waals surface area contributed by atoms with Gasteiger partial charge in [-0.2, -0.15) is 5.10 Å². The van der Waals surface area contributed by atoms with Crippen LogP contribution in [0, 0.1) is 6.92 Å². The second kappa shape index (κ2) is 7.66. The van der Waals surface area contributed by atoms with E-state index < -0.39 is 5.92 Å². The van der Waals surface area contributed by atoms with E-state index in [1.807, 2.05) is 43.3 Å². The number of rotatable bonds is 5. The number of hydrogen-bond acceptors (Lipinski definition) is 3. The number of nitrogens with zero attached hydrogens (tertiary/aromatic N) is 2. The van der Waals surface area contributed by atoms with Crippen LogP contribution >= 0.6 is 0 Å². The summed E-state index contributed by atoms with van der Waals surface area (Å²) in [5.74, 6) is -0.110. The Morgan fingerprint density at radius 1 is 1.03 bits per heavy atom. The highest BCUT2D eigenvalue weighted by Crippen LogP contribution is 2.38. The molecule has 1 aliphatic heterocycles. The smallest absolute Gasteiger partial charge is 0.226 e. The fourth-order valence-corrected chi connectivity index (χ4v) is 3.94. The average molecular weight is 387 g/mol. The summed E-state index contributed by atoms with van der Waals surface area (Å²) >= 11 is 0. The molecule has 29 heavy (non-hydrogen) atoms. The van der Waals surface area contributed by atoms with Gasteiger partial charge in [0.25, 0.3) is 0 Å². The lowest BCUT2D eigenvalue weighted by Crippen LogP contribution is -2.28. The molecule has 2 aromatic carbocycles. The van der Waals surface area contributed by atoms with Crippen LogP contribution in [0.3, 0.4) is 0 Å². The van der Waals surface area contributed by atoms with Crippen molar-refractivity contribution in [3.8, 4) is 5.69 Å². The van der Waals surface area contributed by atoms with Crippen LogP contribution in [0.25, 0.3) is 5.69 Å². The summed E-state index contributed by atoms with van der Waals surface area (Å²) in [6.45, 7) is 6.09. The number of Topliss-reactive ketones (excluding diaryl/α,β-unsaturated/α-hetero) is 1. The zero-order valence-corrected chi connectivity index (χ0v) is 17.0. The van der Waals surface area contributed by atoms with E-state index in [2.05, 4.69) is 36.4 Å². The van der Waals surface area contributed by atoms with Gasteiger partial charge in [0.05, 0.1) is 17.3 Å². The molecule has 0 aliphatic carbocycles. The highest BCUT2D eigenvalue weighted by molar-refractivity contribution is 6.08. The van der Waals surface area contributed by atoms with Crippen molar-refractivity contribution < 1.29 is 9.59 Å². The molecular formula is C24H25N3O2. The van der Waals surface area contributed by atoms with E-state index in [9.17, 15) is 9.59 Å². The molecule has 5 heteroatoms. The molecule has 2 heterocycles. The van der Waals surface area contributed by atoms with Crippen LogP contribution in [0.5, 0.6) is 0 Å². The highest BCUT2D eigenvalue weighted by Gasteiger charge is 2.36. The topological polar surface area (TPSA) is 64.0 Å². The Balaban J connectivity index is 1.75. The molecule has 1 N–H and O–H groups in total. The minimum Gasteiger partial charge on any atom is -0.310 e. The molecule has 4 rings (SSSR count). The summed E-state index contributed by atoms with van der Waals surface area (Å²) < 4.78 is 1.74. The summed E-state index contributed by atoms with van der Waals surface area (Å²) in [6.07, 6.45) is 2.02. The van der Waals surface area contributed by atoms with Gasteiger partial charge in [0.2, 0.25) is 5.91 Å². The molecule has 3 aromatic rings. The van der Waals surface area contributed by atoms with Crippen molar-refractivity contribution in [2.45, 2.75) is 46.0 Å². The second-order valence-corrected chi connectivity index (χ2v) is 7.50. The number of carbonyl (C=O) groups is 2. The number of aryl methyl sites for hydroxylation is 3. The summed E-state index contributed by atoms with van der Waals surface area (Å²) in [4.78, 5) is 25.7. The first-order valence-corrected chi connectivity index (χ1v) is 10.1. The zero-order valence-electron chi connectivity index (χ0n) is 17.0. The van der Waals surface area contributed by atoms with E-state index in [1.165, 1.54) is 11.1 Å². The first-order chi connectivity index (χ1) is 14.0. The molecule has 0 spiro atoms. The van der Waals surface area contributed by atoms with Crippen molar-refractivity contribution in [3.63, 3.8) is 0 Å². The van der Waals surface area contributed by atoms with Gasteiger partial charge in [0.1, 0.15) is 5.82 Å². The molecule has 1 aliphatic rings. The number of fused-ring (bicyclic) bond motifs is 1. The van der Waals surface area contributed by atoms with Crippen LogP contribution in [-0.4, -0.2) is 21.5 Å². The van der Waals surface area contributed by atoms with Crippen LogP contribution < -0.4 is 5.32 Å². The second-order valence-electron chi connectivity index (χ2n) is 7.50. The standard InChI is InChI=1S/C24H25N3O2/c1-4-16-6-10-18(11-7-16)23(29)20-14-21(28)25-24-22(20)15(3)26-27(24)19-12-8-17(5-2)9-13-19/h6-13,20H,4-5,14H2,1-3H3,(H,25,28)/t20-/m0/s1. The van der Waals surface area contributed by atoms with E-state index in [0.717, 1.165) is 29.8 Å². The minimum absolute atomic E-state index is 0.0345. The average Bonchev–Trinajstić information content (AvgIpc) is 3.09. The maximum Gasteiger partial charge on any atom is 0.226 e. The fourth-order valence-electron chi connectivity index (χ4n) is 3.94. The van der Waals surface area contributed by atoms with Gasteiger partial charge < -0.3 is 5.32 Å². The van der Waals surface area contributed by atoms with Gasteiger partial charge in [-0.3, -0.25) is 9.59 Å². The van der Waals surface area contributed by atoms with Gasteiger partial charge in [0.15, 0.2) is 5.78 Å². The van der Waals surface area contributed by atoms with Gasteiger partial charge in [0, 0.05) is 17.5 Å². The Morgan fingerprint density at radius 2 is 1.62 bits per heavy atom. The molecule has 0 bridgehead atoms. The number of ketones is 1. The van der Waals surface area contributed by atoms with Gasteiger partial charge in [-0.15, -0.1) is 0 Å². The minimum atomic E-state index is -0.519. The van der Waals surface area contributed by atoms with Crippen molar-refractivity contribution in [2.24, 2.45) is 0 Å². The van der Waals surface area contributed by atoms with E-state index in [1.54, 1.807) is 4.68 Å². The molecule has 0 fully saturated rings. The first kappa shape index (κ1) is 19.1. The largest absolute Gasteiger partial charge is 0.310 e. The lowest BCUT2D eigenvalue weighted by Gasteiger charge is -2.23. The summed E-state index contributed by atoms with van der Waals surface area (Å²) in [7, 11) is 0. The number of amides is 1.